The maximum atomic E-state index is 12.9. The van der Waals surface area contributed by atoms with E-state index in [0.29, 0.717) is 31.8 Å². The molecule has 0 radical (unpaired) electrons. The summed E-state index contributed by atoms with van der Waals surface area (Å²) in [7, 11) is -3.71. The molecule has 0 aromatic heterocycles. The van der Waals surface area contributed by atoms with Gasteiger partial charge in [0.2, 0.25) is 10.0 Å². The van der Waals surface area contributed by atoms with Gasteiger partial charge in [-0.3, -0.25) is 4.79 Å². The zero-order valence-corrected chi connectivity index (χ0v) is 16.0. The number of anilines is 1. The van der Waals surface area contributed by atoms with Gasteiger partial charge in [-0.2, -0.15) is 4.31 Å². The summed E-state index contributed by atoms with van der Waals surface area (Å²) in [6, 6.07) is 3.93. The van der Waals surface area contributed by atoms with Gasteiger partial charge in [0.25, 0.3) is 0 Å². The molecule has 9 nitrogen and oxygen atoms in total. The summed E-state index contributed by atoms with van der Waals surface area (Å²) in [6.45, 7) is 3.22. The molecule has 3 N–H and O–H groups in total. The summed E-state index contributed by atoms with van der Waals surface area (Å²) in [6.07, 6.45) is 1.90. The lowest BCUT2D eigenvalue weighted by atomic mass is 10.3. The zero-order chi connectivity index (χ0) is 19.9. The Balaban J connectivity index is 2.12. The smallest absolute Gasteiger partial charge is 0.319 e. The number of carboxylic acids is 1. The summed E-state index contributed by atoms with van der Waals surface area (Å²) in [5, 5.41) is 13.7. The van der Waals surface area contributed by atoms with Gasteiger partial charge in [-0.15, -0.1) is 0 Å². The highest BCUT2D eigenvalue weighted by atomic mass is 32.2. The lowest BCUT2D eigenvalue weighted by Gasteiger charge is -2.19. The topological polar surface area (TPSA) is 125 Å². The third-order valence-electron chi connectivity index (χ3n) is 4.04. The Morgan fingerprint density at radius 1 is 1.26 bits per heavy atom. The first-order chi connectivity index (χ1) is 12.8. The Morgan fingerprint density at radius 2 is 1.96 bits per heavy atom. The molecule has 10 heteroatoms. The van der Waals surface area contributed by atoms with Crippen molar-refractivity contribution in [2.24, 2.45) is 0 Å². The standard InChI is InChI=1S/C17H25N3O6S/c1-2-26-14-8-7-13(19-17(23)18-9-5-6-16(21)22)12-15(14)27(24,25)20-10-3-4-11-20/h7-8,12H,2-6,9-11H2,1H3,(H,21,22)(H2,18,19,23). The maximum Gasteiger partial charge on any atom is 0.319 e. The molecular formula is C17H25N3O6S. The van der Waals surface area contributed by atoms with Crippen LogP contribution < -0.4 is 15.4 Å². The van der Waals surface area contributed by atoms with Gasteiger partial charge >= 0.3 is 12.0 Å². The van der Waals surface area contributed by atoms with Crippen molar-refractivity contribution in [1.29, 1.82) is 0 Å². The molecule has 1 saturated heterocycles. The van der Waals surface area contributed by atoms with Gasteiger partial charge < -0.3 is 20.5 Å². The van der Waals surface area contributed by atoms with Crippen LogP contribution in [0, 0.1) is 0 Å². The first-order valence-corrected chi connectivity index (χ1v) is 10.3. The molecular weight excluding hydrogens is 374 g/mol. The molecule has 0 aliphatic carbocycles. The Labute approximate surface area is 158 Å². The van der Waals surface area contributed by atoms with Crippen molar-refractivity contribution < 1.29 is 27.9 Å². The SMILES string of the molecule is CCOc1ccc(NC(=O)NCCCC(=O)O)cc1S(=O)(=O)N1CCCC1. The second-order valence-electron chi connectivity index (χ2n) is 6.08. The fourth-order valence-electron chi connectivity index (χ4n) is 2.75. The summed E-state index contributed by atoms with van der Waals surface area (Å²) in [5.41, 5.74) is 0.312. The Morgan fingerprint density at radius 3 is 2.59 bits per heavy atom. The highest BCUT2D eigenvalue weighted by molar-refractivity contribution is 7.89. The average molecular weight is 399 g/mol. The number of nitrogens with one attached hydrogen (secondary N) is 2. The molecule has 0 saturated carbocycles. The minimum absolute atomic E-state index is 0.0231. The largest absolute Gasteiger partial charge is 0.492 e. The van der Waals surface area contributed by atoms with Crippen LogP contribution in [-0.4, -0.2) is 56.1 Å². The van der Waals surface area contributed by atoms with E-state index in [-0.39, 0.29) is 23.6 Å². The number of nitrogens with zero attached hydrogens (tertiary/aromatic N) is 1. The molecule has 27 heavy (non-hydrogen) atoms. The minimum Gasteiger partial charge on any atom is -0.492 e. The summed E-state index contributed by atoms with van der Waals surface area (Å²) >= 11 is 0. The number of carboxylic acid groups (broad SMARTS) is 1. The third-order valence-corrected chi connectivity index (χ3v) is 5.96. The molecule has 1 aliphatic rings. The number of carbonyl (C=O) groups excluding carboxylic acids is 1. The Kier molecular flexibility index (Phi) is 7.43. The van der Waals surface area contributed by atoms with Crippen LogP contribution in [0.4, 0.5) is 10.5 Å². The maximum absolute atomic E-state index is 12.9. The fraction of sp³-hybridized carbons (Fsp3) is 0.529. The first-order valence-electron chi connectivity index (χ1n) is 8.88. The zero-order valence-electron chi connectivity index (χ0n) is 15.2. The highest BCUT2D eigenvalue weighted by Crippen LogP contribution is 2.31. The Hall–Kier alpha value is -2.33. The van der Waals surface area contributed by atoms with Gasteiger partial charge in [0.1, 0.15) is 10.6 Å². The van der Waals surface area contributed by atoms with E-state index in [4.69, 9.17) is 9.84 Å². The number of hydrogen-bond acceptors (Lipinski definition) is 5. The molecule has 2 amide bonds. The number of sulfonamides is 1. The molecule has 0 bridgehead atoms. The number of ether oxygens (including phenoxy) is 1. The average Bonchev–Trinajstić information content (AvgIpc) is 3.15. The van der Waals surface area contributed by atoms with Gasteiger partial charge in [0.15, 0.2) is 0 Å². The van der Waals surface area contributed by atoms with Gasteiger partial charge in [-0.1, -0.05) is 0 Å². The second kappa shape index (κ2) is 9.56. The van der Waals surface area contributed by atoms with E-state index in [2.05, 4.69) is 10.6 Å². The lowest BCUT2D eigenvalue weighted by molar-refractivity contribution is -0.137. The van der Waals surface area contributed by atoms with E-state index in [1.165, 1.54) is 16.4 Å². The molecule has 0 unspecified atom stereocenters. The van der Waals surface area contributed by atoms with Gasteiger partial charge in [-0.05, 0) is 44.4 Å². The predicted molar refractivity (Wildman–Crippen MR) is 99.5 cm³/mol. The number of carbonyl (C=O) groups is 2. The fourth-order valence-corrected chi connectivity index (χ4v) is 4.42. The molecule has 0 atom stereocenters. The first kappa shape index (κ1) is 21.0. The van der Waals surface area contributed by atoms with E-state index in [1.54, 1.807) is 13.0 Å². The van der Waals surface area contributed by atoms with Gasteiger partial charge in [0, 0.05) is 31.7 Å². The van der Waals surface area contributed by atoms with Crippen LogP contribution in [0.15, 0.2) is 23.1 Å². The highest BCUT2D eigenvalue weighted by Gasteiger charge is 2.30. The number of aliphatic carboxylic acids is 1. The molecule has 1 aliphatic heterocycles. The van der Waals surface area contributed by atoms with E-state index >= 15 is 0 Å². The van der Waals surface area contributed by atoms with Crippen molar-refractivity contribution in [3.63, 3.8) is 0 Å². The van der Waals surface area contributed by atoms with Gasteiger partial charge in [-0.25, -0.2) is 13.2 Å². The Bertz CT molecular complexity index is 775. The number of rotatable bonds is 9. The minimum atomic E-state index is -3.71. The van der Waals surface area contributed by atoms with Crippen molar-refractivity contribution in [1.82, 2.24) is 9.62 Å². The predicted octanol–water partition coefficient (Wildman–Crippen LogP) is 1.86. The second-order valence-corrected chi connectivity index (χ2v) is 7.99. The molecule has 1 aromatic carbocycles. The van der Waals surface area contributed by atoms with Crippen LogP contribution in [0.1, 0.15) is 32.6 Å². The molecule has 1 aromatic rings. The molecule has 150 valence electrons. The van der Waals surface area contributed by atoms with E-state index in [1.807, 2.05) is 0 Å². The van der Waals surface area contributed by atoms with Crippen molar-refractivity contribution in [3.05, 3.63) is 18.2 Å². The summed E-state index contributed by atoms with van der Waals surface area (Å²) in [4.78, 5) is 22.4. The molecule has 1 fully saturated rings. The van der Waals surface area contributed by atoms with Crippen LogP contribution in [-0.2, 0) is 14.8 Å². The van der Waals surface area contributed by atoms with Crippen LogP contribution in [0.2, 0.25) is 0 Å². The number of urea groups is 1. The number of hydrogen-bond donors (Lipinski definition) is 3. The molecule has 2 rings (SSSR count). The van der Waals surface area contributed by atoms with Gasteiger partial charge in [0.05, 0.1) is 6.61 Å². The quantitative estimate of drug-likeness (QED) is 0.544. The summed E-state index contributed by atoms with van der Waals surface area (Å²) in [5.74, 6) is -0.683. The van der Waals surface area contributed by atoms with Crippen LogP contribution in [0.5, 0.6) is 5.75 Å². The van der Waals surface area contributed by atoms with E-state index < -0.39 is 22.0 Å². The number of benzene rings is 1. The van der Waals surface area contributed by atoms with Crippen LogP contribution >= 0.6 is 0 Å². The lowest BCUT2D eigenvalue weighted by Crippen LogP contribution is -2.30. The van der Waals surface area contributed by atoms with Crippen LogP contribution in [0.3, 0.4) is 0 Å². The molecule has 0 spiro atoms. The molecule has 1 heterocycles. The van der Waals surface area contributed by atoms with Crippen molar-refractivity contribution >= 4 is 27.7 Å². The number of amides is 2. The summed E-state index contributed by atoms with van der Waals surface area (Å²) < 4.78 is 32.7. The normalized spacial score (nSPS) is 14.7. The van der Waals surface area contributed by atoms with Crippen molar-refractivity contribution in [3.8, 4) is 5.75 Å². The van der Waals surface area contributed by atoms with Crippen LogP contribution in [0.25, 0.3) is 0 Å². The van der Waals surface area contributed by atoms with E-state index in [0.717, 1.165) is 12.8 Å². The van der Waals surface area contributed by atoms with Crippen molar-refractivity contribution in [2.45, 2.75) is 37.5 Å². The monoisotopic (exact) mass is 399 g/mol. The van der Waals surface area contributed by atoms with E-state index in [9.17, 15) is 18.0 Å². The van der Waals surface area contributed by atoms with Crippen molar-refractivity contribution in [2.75, 3.05) is 31.6 Å². The third kappa shape index (κ3) is 5.83.